The van der Waals surface area contributed by atoms with Crippen molar-refractivity contribution >= 4 is 0 Å². The zero-order chi connectivity index (χ0) is 18.1. The van der Waals surface area contributed by atoms with Crippen molar-refractivity contribution < 1.29 is 28.4 Å². The van der Waals surface area contributed by atoms with Crippen molar-refractivity contribution in [1.82, 2.24) is 9.80 Å². The van der Waals surface area contributed by atoms with Gasteiger partial charge in [0, 0.05) is 38.9 Å². The molecule has 0 amide bonds. The Bertz CT molecular complexity index is 339. The second-order valence-electron chi connectivity index (χ2n) is 6.10. The first-order chi connectivity index (χ1) is 12.9. The molecule has 0 N–H and O–H groups in total. The molecule has 2 bridgehead atoms. The summed E-state index contributed by atoms with van der Waals surface area (Å²) in [7, 11) is 0. The van der Waals surface area contributed by atoms with Gasteiger partial charge >= 0.3 is 0 Å². The third-order valence-corrected chi connectivity index (χ3v) is 4.16. The number of ether oxygens (including phenoxy) is 6. The maximum Gasteiger partial charge on any atom is 0.111 e. The van der Waals surface area contributed by atoms with Gasteiger partial charge in [0.05, 0.1) is 72.3 Å². The maximum atomic E-state index is 5.69. The van der Waals surface area contributed by atoms with Crippen LogP contribution in [0.25, 0.3) is 0 Å². The molecule has 8 nitrogen and oxygen atoms in total. The van der Waals surface area contributed by atoms with Gasteiger partial charge in [-0.2, -0.15) is 0 Å². The van der Waals surface area contributed by atoms with Crippen LogP contribution < -0.4 is 0 Å². The number of hydrogen-bond acceptors (Lipinski definition) is 8. The van der Waals surface area contributed by atoms with Gasteiger partial charge in [0.2, 0.25) is 0 Å². The van der Waals surface area contributed by atoms with Gasteiger partial charge in [0.25, 0.3) is 0 Å². The molecule has 0 radical (unpaired) electrons. The molecule has 3 aliphatic heterocycles. The predicted molar refractivity (Wildman–Crippen MR) is 97.2 cm³/mol. The number of fused-ring (bicyclic) bond motifs is 20. The summed E-state index contributed by atoms with van der Waals surface area (Å²) in [6.45, 7) is 11.0. The molecule has 0 aromatic carbocycles. The molecule has 0 unspecified atom stereocenters. The van der Waals surface area contributed by atoms with E-state index in [0.29, 0.717) is 72.7 Å². The molecule has 8 heteroatoms. The summed E-state index contributed by atoms with van der Waals surface area (Å²) >= 11 is 0. The van der Waals surface area contributed by atoms with Crippen LogP contribution in [0.1, 0.15) is 0 Å². The van der Waals surface area contributed by atoms with Gasteiger partial charge in [-0.15, -0.1) is 0 Å². The summed E-state index contributed by atoms with van der Waals surface area (Å²) in [6.07, 6.45) is 3.65. The van der Waals surface area contributed by atoms with Gasteiger partial charge in [0.15, 0.2) is 0 Å². The van der Waals surface area contributed by atoms with Crippen molar-refractivity contribution in [2.75, 3.05) is 105 Å². The Morgan fingerprint density at radius 2 is 0.885 bits per heavy atom. The summed E-state index contributed by atoms with van der Waals surface area (Å²) in [5, 5.41) is 0. The lowest BCUT2D eigenvalue weighted by atomic mass is 10.4. The van der Waals surface area contributed by atoms with Crippen molar-refractivity contribution in [3.8, 4) is 0 Å². The minimum atomic E-state index is 0.545. The van der Waals surface area contributed by atoms with Gasteiger partial charge in [0.1, 0.15) is 6.61 Å². The molecule has 152 valence electrons. The molecule has 0 aliphatic carbocycles. The molecule has 0 spiro atoms. The molecule has 0 saturated carbocycles. The highest BCUT2D eigenvalue weighted by molar-refractivity contribution is 4.76. The molecular weight excluding hydrogens is 340 g/mol. The molecule has 0 aromatic heterocycles. The first kappa shape index (κ1) is 21.4. The van der Waals surface area contributed by atoms with Crippen molar-refractivity contribution in [2.45, 2.75) is 0 Å². The van der Waals surface area contributed by atoms with E-state index in [4.69, 9.17) is 28.4 Å². The molecule has 1 saturated heterocycles. The van der Waals surface area contributed by atoms with Crippen molar-refractivity contribution in [1.29, 1.82) is 0 Å². The van der Waals surface area contributed by atoms with E-state index in [1.807, 2.05) is 6.20 Å². The Kier molecular flexibility index (Phi) is 12.5. The Morgan fingerprint density at radius 1 is 0.462 bits per heavy atom. The van der Waals surface area contributed by atoms with Gasteiger partial charge < -0.3 is 33.3 Å². The number of rotatable bonds is 0. The highest BCUT2D eigenvalue weighted by Crippen LogP contribution is 1.96. The van der Waals surface area contributed by atoms with E-state index in [1.165, 1.54) is 0 Å². The number of nitrogens with zero attached hydrogens (tertiary/aromatic N) is 2. The summed E-state index contributed by atoms with van der Waals surface area (Å²) < 4.78 is 33.9. The van der Waals surface area contributed by atoms with Crippen molar-refractivity contribution in [2.24, 2.45) is 0 Å². The summed E-state index contributed by atoms with van der Waals surface area (Å²) in [4.78, 5) is 4.43. The van der Waals surface area contributed by atoms with Crippen LogP contribution in [0.4, 0.5) is 0 Å². The Morgan fingerprint density at radius 3 is 1.38 bits per heavy atom. The van der Waals surface area contributed by atoms with Gasteiger partial charge in [-0.25, -0.2) is 0 Å². The zero-order valence-electron chi connectivity index (χ0n) is 15.8. The average Bonchev–Trinajstić information content (AvgIpc) is 2.65. The molecule has 3 rings (SSSR count). The van der Waals surface area contributed by atoms with E-state index >= 15 is 0 Å². The molecule has 0 atom stereocenters. The third-order valence-electron chi connectivity index (χ3n) is 4.16. The molecular formula is C18H34N2O6. The van der Waals surface area contributed by atoms with Crippen LogP contribution >= 0.6 is 0 Å². The molecule has 3 aliphatic rings. The normalized spacial score (nSPS) is 24.7. The molecule has 1 fully saturated rings. The quantitative estimate of drug-likeness (QED) is 0.596. The lowest BCUT2D eigenvalue weighted by Crippen LogP contribution is -2.35. The fourth-order valence-corrected chi connectivity index (χ4v) is 2.59. The summed E-state index contributed by atoms with van der Waals surface area (Å²) in [6, 6.07) is 0. The van der Waals surface area contributed by atoms with Crippen LogP contribution in [0.2, 0.25) is 0 Å². The van der Waals surface area contributed by atoms with E-state index in [2.05, 4.69) is 9.80 Å². The standard InChI is InChI=1S/C18H34N2O6/c1-7-21-13-14-24-10-4-20-5-11-25-17-15-22-8-2-19(1)3-9-23-16-18-26-12-6-20/h1,7H,2-6,8-18H2. The van der Waals surface area contributed by atoms with Crippen molar-refractivity contribution in [3.05, 3.63) is 12.5 Å². The fourth-order valence-electron chi connectivity index (χ4n) is 2.59. The van der Waals surface area contributed by atoms with Crippen LogP contribution in [0.5, 0.6) is 0 Å². The van der Waals surface area contributed by atoms with E-state index in [9.17, 15) is 0 Å². The lowest BCUT2D eigenvalue weighted by molar-refractivity contribution is 0.00467. The second-order valence-corrected chi connectivity index (χ2v) is 6.10. The third kappa shape index (κ3) is 10.9. The Labute approximate surface area is 156 Å². The van der Waals surface area contributed by atoms with E-state index in [1.54, 1.807) is 6.26 Å². The first-order valence-corrected chi connectivity index (χ1v) is 9.58. The topological polar surface area (TPSA) is 61.9 Å². The molecule has 3 heterocycles. The Hall–Kier alpha value is -0.900. The van der Waals surface area contributed by atoms with Crippen LogP contribution in [0.3, 0.4) is 0 Å². The van der Waals surface area contributed by atoms with E-state index < -0.39 is 0 Å². The fraction of sp³-hybridized carbons (Fsp3) is 0.889. The van der Waals surface area contributed by atoms with E-state index in [0.717, 1.165) is 32.7 Å². The smallest absolute Gasteiger partial charge is 0.111 e. The van der Waals surface area contributed by atoms with Crippen molar-refractivity contribution in [3.63, 3.8) is 0 Å². The second kappa shape index (κ2) is 15.2. The van der Waals surface area contributed by atoms with Crippen LogP contribution in [0.15, 0.2) is 12.5 Å². The molecule has 0 aromatic rings. The monoisotopic (exact) mass is 374 g/mol. The first-order valence-electron chi connectivity index (χ1n) is 9.58. The van der Waals surface area contributed by atoms with Gasteiger partial charge in [-0.05, 0) is 0 Å². The van der Waals surface area contributed by atoms with Crippen LogP contribution in [-0.2, 0) is 28.4 Å². The van der Waals surface area contributed by atoms with Crippen LogP contribution in [0, 0.1) is 0 Å². The highest BCUT2D eigenvalue weighted by Gasteiger charge is 2.07. The minimum absolute atomic E-state index is 0.545. The lowest BCUT2D eigenvalue weighted by Gasteiger charge is -2.23. The van der Waals surface area contributed by atoms with Gasteiger partial charge in [-0.1, -0.05) is 0 Å². The number of hydrogen-bond donors (Lipinski definition) is 0. The maximum absolute atomic E-state index is 5.69. The Balaban J connectivity index is 1.91. The SMILES string of the molecule is C1=CN2CCOCCOCCN(CCOCCO1)CCOCCOCC2. The largest absolute Gasteiger partial charge is 0.497 e. The van der Waals surface area contributed by atoms with Crippen LogP contribution in [-0.4, -0.2) is 115 Å². The van der Waals surface area contributed by atoms with E-state index in [-0.39, 0.29) is 0 Å². The molecule has 26 heavy (non-hydrogen) atoms. The minimum Gasteiger partial charge on any atom is -0.497 e. The van der Waals surface area contributed by atoms with Gasteiger partial charge in [-0.3, -0.25) is 4.90 Å². The predicted octanol–water partition coefficient (Wildman–Crippen LogP) is 0.188. The zero-order valence-corrected chi connectivity index (χ0v) is 15.8. The average molecular weight is 374 g/mol. The highest BCUT2D eigenvalue weighted by atomic mass is 16.5. The summed E-state index contributed by atoms with van der Waals surface area (Å²) in [5.74, 6) is 0. The summed E-state index contributed by atoms with van der Waals surface area (Å²) in [5.41, 5.74) is 0.